The van der Waals surface area contributed by atoms with Gasteiger partial charge in [0.05, 0.1) is 5.92 Å². The van der Waals surface area contributed by atoms with Crippen molar-refractivity contribution in [1.82, 2.24) is 0 Å². The maximum Gasteiger partial charge on any atom is 0.205 e. The third-order valence-corrected chi connectivity index (χ3v) is 3.05. The molecule has 2 rings (SSSR count). The highest BCUT2D eigenvalue weighted by Crippen LogP contribution is 2.44. The maximum atomic E-state index is 12.9. The van der Waals surface area contributed by atoms with Crippen LogP contribution in [0.4, 0.5) is 4.39 Å². The van der Waals surface area contributed by atoms with Crippen LogP contribution in [0.15, 0.2) is 54.6 Å². The maximum absolute atomic E-state index is 12.9. The van der Waals surface area contributed by atoms with Crippen LogP contribution >= 0.6 is 34.8 Å². The molecule has 0 nitrogen and oxygen atoms in total. The second-order valence-corrected chi connectivity index (χ2v) is 6.03. The molecule has 0 aromatic heterocycles. The smallest absolute Gasteiger partial charge is 0.205 e. The molecule has 0 aliphatic carbocycles. The number of hydrogen-bond acceptors (Lipinski definition) is 0. The van der Waals surface area contributed by atoms with E-state index in [0.717, 1.165) is 5.56 Å². The first kappa shape index (κ1) is 13.7. The molecule has 18 heavy (non-hydrogen) atoms. The van der Waals surface area contributed by atoms with Crippen LogP contribution in [0.3, 0.4) is 0 Å². The van der Waals surface area contributed by atoms with Gasteiger partial charge in [0.15, 0.2) is 0 Å². The van der Waals surface area contributed by atoms with Gasteiger partial charge in [-0.15, -0.1) is 0 Å². The molecule has 0 N–H and O–H groups in total. The minimum Gasteiger partial charge on any atom is -0.207 e. The molecule has 93 valence electrons. The van der Waals surface area contributed by atoms with Crippen LogP contribution in [0.25, 0.3) is 0 Å². The van der Waals surface area contributed by atoms with E-state index in [1.165, 1.54) is 12.1 Å². The van der Waals surface area contributed by atoms with Crippen LogP contribution in [0.2, 0.25) is 0 Å². The highest BCUT2D eigenvalue weighted by atomic mass is 35.6. The summed E-state index contributed by atoms with van der Waals surface area (Å²) in [7, 11) is 0. The molecule has 0 fully saturated rings. The number of hydrogen-bond donors (Lipinski definition) is 0. The normalized spacial score (nSPS) is 11.8. The zero-order chi connectivity index (χ0) is 13.2. The Balaban J connectivity index is 2.47. The molecule has 0 heterocycles. The van der Waals surface area contributed by atoms with Crippen LogP contribution in [-0.4, -0.2) is 3.79 Å². The monoisotopic (exact) mass is 301 g/mol. The van der Waals surface area contributed by atoms with Crippen LogP contribution in [0, 0.1) is 11.7 Å². The van der Waals surface area contributed by atoms with Gasteiger partial charge < -0.3 is 0 Å². The van der Waals surface area contributed by atoms with Crippen LogP contribution in [-0.2, 0) is 0 Å². The van der Waals surface area contributed by atoms with Crippen molar-refractivity contribution in [3.05, 3.63) is 77.5 Å². The predicted molar refractivity (Wildman–Crippen MR) is 74.6 cm³/mol. The molecule has 4 heteroatoms. The van der Waals surface area contributed by atoms with Crippen molar-refractivity contribution >= 4 is 34.8 Å². The van der Waals surface area contributed by atoms with Gasteiger partial charge in [-0.3, -0.25) is 0 Å². The van der Waals surface area contributed by atoms with Gasteiger partial charge in [-0.05, 0) is 23.3 Å². The average Bonchev–Trinajstić information content (AvgIpc) is 2.32. The second kappa shape index (κ2) is 5.48. The SMILES string of the molecule is Fc1ccc([C](c2ccccc2)C(Cl)(Cl)Cl)cc1. The zero-order valence-corrected chi connectivity index (χ0v) is 11.5. The minimum absolute atomic E-state index is 0.324. The van der Waals surface area contributed by atoms with Gasteiger partial charge in [-0.2, -0.15) is 0 Å². The topological polar surface area (TPSA) is 0 Å². The van der Waals surface area contributed by atoms with Crippen molar-refractivity contribution in [3.8, 4) is 0 Å². The second-order valence-electron chi connectivity index (χ2n) is 3.75. The van der Waals surface area contributed by atoms with E-state index in [9.17, 15) is 4.39 Å². The summed E-state index contributed by atoms with van der Waals surface area (Å²) in [6.45, 7) is 0. The van der Waals surface area contributed by atoms with Gasteiger partial charge in [0.2, 0.25) is 3.79 Å². The van der Waals surface area contributed by atoms with Crippen molar-refractivity contribution in [2.45, 2.75) is 3.79 Å². The van der Waals surface area contributed by atoms with Gasteiger partial charge in [0.1, 0.15) is 5.82 Å². The number of alkyl halides is 3. The van der Waals surface area contributed by atoms with Crippen molar-refractivity contribution < 1.29 is 4.39 Å². The average molecular weight is 303 g/mol. The molecule has 0 unspecified atom stereocenters. The molecule has 0 saturated heterocycles. The Morgan fingerprint density at radius 1 is 0.778 bits per heavy atom. The van der Waals surface area contributed by atoms with E-state index in [4.69, 9.17) is 34.8 Å². The Morgan fingerprint density at radius 2 is 1.28 bits per heavy atom. The lowest BCUT2D eigenvalue weighted by Gasteiger charge is -2.24. The summed E-state index contributed by atoms with van der Waals surface area (Å²) < 4.78 is 11.4. The van der Waals surface area contributed by atoms with Crippen molar-refractivity contribution in [2.24, 2.45) is 0 Å². The summed E-state index contributed by atoms with van der Waals surface area (Å²) in [4.78, 5) is 0. The van der Waals surface area contributed by atoms with Crippen molar-refractivity contribution in [2.75, 3.05) is 0 Å². The lowest BCUT2D eigenvalue weighted by molar-refractivity contribution is 0.627. The number of rotatable bonds is 2. The molecule has 0 saturated carbocycles. The molecule has 0 aliphatic rings. The Morgan fingerprint density at radius 3 is 1.78 bits per heavy atom. The summed E-state index contributed by atoms with van der Waals surface area (Å²) in [6.07, 6.45) is 0. The molecule has 2 aromatic carbocycles. The molecule has 0 bridgehead atoms. The van der Waals surface area contributed by atoms with E-state index in [1.54, 1.807) is 12.1 Å². The van der Waals surface area contributed by atoms with Crippen molar-refractivity contribution in [1.29, 1.82) is 0 Å². The van der Waals surface area contributed by atoms with E-state index >= 15 is 0 Å². The molecule has 2 aromatic rings. The van der Waals surface area contributed by atoms with Crippen LogP contribution < -0.4 is 0 Å². The zero-order valence-electron chi connectivity index (χ0n) is 9.21. The fraction of sp³-hybridized carbons (Fsp3) is 0.0714. The Labute approximate surface area is 120 Å². The van der Waals surface area contributed by atoms with E-state index in [2.05, 4.69) is 0 Å². The Kier molecular flexibility index (Phi) is 4.16. The number of benzene rings is 2. The standard InChI is InChI=1S/C14H9Cl3F/c15-14(16,17)13(10-4-2-1-3-5-10)11-6-8-12(18)9-7-11/h1-9H. The van der Waals surface area contributed by atoms with E-state index < -0.39 is 3.79 Å². The summed E-state index contributed by atoms with van der Waals surface area (Å²) in [6, 6.07) is 15.2. The first-order valence-electron chi connectivity index (χ1n) is 5.24. The lowest BCUT2D eigenvalue weighted by atomic mass is 9.92. The molecule has 0 aliphatic heterocycles. The molecule has 1 radical (unpaired) electrons. The molecule has 0 spiro atoms. The molecular formula is C14H9Cl3F. The van der Waals surface area contributed by atoms with E-state index in [0.29, 0.717) is 11.5 Å². The van der Waals surface area contributed by atoms with Crippen LogP contribution in [0.1, 0.15) is 11.1 Å². The fourth-order valence-corrected chi connectivity index (χ4v) is 2.37. The fourth-order valence-electron chi connectivity index (χ4n) is 1.72. The quantitative estimate of drug-likeness (QED) is 0.672. The van der Waals surface area contributed by atoms with Crippen molar-refractivity contribution in [3.63, 3.8) is 0 Å². The Bertz CT molecular complexity index is 503. The number of halogens is 4. The van der Waals surface area contributed by atoms with Gasteiger partial charge in [0.25, 0.3) is 0 Å². The van der Waals surface area contributed by atoms with Gasteiger partial charge in [-0.1, -0.05) is 77.3 Å². The third-order valence-electron chi connectivity index (χ3n) is 2.48. The summed E-state index contributed by atoms with van der Waals surface area (Å²) in [5.41, 5.74) is 1.48. The molecule has 0 amide bonds. The van der Waals surface area contributed by atoms with E-state index in [-0.39, 0.29) is 5.82 Å². The largest absolute Gasteiger partial charge is 0.207 e. The predicted octanol–water partition coefficient (Wildman–Crippen LogP) is 5.17. The molecular weight excluding hydrogens is 294 g/mol. The summed E-state index contributed by atoms with van der Waals surface area (Å²) in [5.74, 6) is 0.212. The first-order chi connectivity index (χ1) is 8.48. The highest BCUT2D eigenvalue weighted by molar-refractivity contribution is 6.69. The highest BCUT2D eigenvalue weighted by Gasteiger charge is 2.36. The first-order valence-corrected chi connectivity index (χ1v) is 6.37. The Hall–Kier alpha value is -0.760. The van der Waals surface area contributed by atoms with E-state index in [1.807, 2.05) is 30.3 Å². The minimum atomic E-state index is -1.57. The molecule has 0 atom stereocenters. The van der Waals surface area contributed by atoms with Gasteiger partial charge in [0, 0.05) is 0 Å². The van der Waals surface area contributed by atoms with Gasteiger partial charge in [-0.25, -0.2) is 4.39 Å². The van der Waals surface area contributed by atoms with Gasteiger partial charge >= 0.3 is 0 Å². The van der Waals surface area contributed by atoms with Crippen LogP contribution in [0.5, 0.6) is 0 Å². The summed E-state index contributed by atoms with van der Waals surface area (Å²) >= 11 is 18.0. The summed E-state index contributed by atoms with van der Waals surface area (Å²) in [5, 5.41) is 0. The third kappa shape index (κ3) is 3.17. The lowest BCUT2D eigenvalue weighted by Crippen LogP contribution is -2.19.